The monoisotopic (exact) mass is 208 g/mol. The fourth-order valence-corrected chi connectivity index (χ4v) is 2.08. The topological polar surface area (TPSA) is 17.1 Å². The Labute approximate surface area is 89.1 Å². The highest BCUT2D eigenvalue weighted by atomic mass is 35.5. The van der Waals surface area contributed by atoms with Gasteiger partial charge in [0.1, 0.15) is 5.78 Å². The van der Waals surface area contributed by atoms with Crippen LogP contribution in [-0.4, -0.2) is 5.78 Å². The van der Waals surface area contributed by atoms with E-state index in [1.807, 2.05) is 12.1 Å². The highest BCUT2D eigenvalue weighted by Crippen LogP contribution is 2.42. The van der Waals surface area contributed by atoms with Gasteiger partial charge < -0.3 is 0 Å². The van der Waals surface area contributed by atoms with Crippen molar-refractivity contribution in [1.29, 1.82) is 0 Å². The van der Waals surface area contributed by atoms with Gasteiger partial charge >= 0.3 is 0 Å². The fraction of sp³-hybridized carbons (Fsp3) is 0.417. The number of halogens is 1. The number of ketones is 1. The van der Waals surface area contributed by atoms with Crippen molar-refractivity contribution < 1.29 is 4.79 Å². The molecule has 0 radical (unpaired) electrons. The summed E-state index contributed by atoms with van der Waals surface area (Å²) < 4.78 is 0. The molecule has 1 saturated carbocycles. The lowest BCUT2D eigenvalue weighted by Crippen LogP contribution is -2.27. The Hall–Kier alpha value is -0.820. The maximum absolute atomic E-state index is 11.0. The fourth-order valence-electron chi connectivity index (χ4n) is 1.96. The molecule has 14 heavy (non-hydrogen) atoms. The van der Waals surface area contributed by atoms with E-state index < -0.39 is 0 Å². The van der Waals surface area contributed by atoms with Crippen LogP contribution in [0, 0.1) is 5.92 Å². The largest absolute Gasteiger partial charge is 0.300 e. The predicted octanol–water partition coefficient (Wildman–Crippen LogP) is 3.42. The minimum absolute atomic E-state index is 0.302. The van der Waals surface area contributed by atoms with Crippen molar-refractivity contribution in [2.24, 2.45) is 5.92 Å². The van der Waals surface area contributed by atoms with E-state index in [2.05, 4.69) is 12.1 Å². The third kappa shape index (κ3) is 1.83. The van der Waals surface area contributed by atoms with Gasteiger partial charge in [0, 0.05) is 10.9 Å². The molecule has 0 atom stereocenters. The minimum Gasteiger partial charge on any atom is -0.300 e. The first kappa shape index (κ1) is 9.72. The quantitative estimate of drug-likeness (QED) is 0.728. The second-order valence-corrected chi connectivity index (χ2v) is 4.46. The van der Waals surface area contributed by atoms with Crippen molar-refractivity contribution in [3.05, 3.63) is 34.9 Å². The molecule has 1 aromatic rings. The summed E-state index contributed by atoms with van der Waals surface area (Å²) in [7, 11) is 0. The molecule has 1 nitrogen and oxygen atoms in total. The average Bonchev–Trinajstić information content (AvgIpc) is 2.05. The molecule has 0 unspecified atom stereocenters. The number of rotatable bonds is 2. The van der Waals surface area contributed by atoms with Gasteiger partial charge in [-0.1, -0.05) is 23.7 Å². The molecule has 0 bridgehead atoms. The Morgan fingerprint density at radius 3 is 2.36 bits per heavy atom. The number of hydrogen-bond donors (Lipinski definition) is 0. The predicted molar refractivity (Wildman–Crippen MR) is 57.6 cm³/mol. The molecular weight excluding hydrogens is 196 g/mol. The van der Waals surface area contributed by atoms with E-state index in [-0.39, 0.29) is 0 Å². The first-order chi connectivity index (χ1) is 6.66. The average molecular weight is 209 g/mol. The number of hydrogen-bond acceptors (Lipinski definition) is 1. The summed E-state index contributed by atoms with van der Waals surface area (Å²) in [6.07, 6.45) is 2.02. The van der Waals surface area contributed by atoms with E-state index >= 15 is 0 Å². The molecule has 1 aliphatic carbocycles. The van der Waals surface area contributed by atoms with E-state index in [9.17, 15) is 4.79 Å². The van der Waals surface area contributed by atoms with Crippen LogP contribution in [0.5, 0.6) is 0 Å². The number of benzene rings is 1. The summed E-state index contributed by atoms with van der Waals surface area (Å²) in [5.74, 6) is 1.20. The standard InChI is InChI=1S/C12H13ClO/c1-8(14)10-6-11(7-10)9-2-4-12(13)5-3-9/h2-5,10-11H,6-7H2,1H3. The zero-order valence-corrected chi connectivity index (χ0v) is 8.92. The van der Waals surface area contributed by atoms with Gasteiger partial charge in [0.25, 0.3) is 0 Å². The van der Waals surface area contributed by atoms with Crippen LogP contribution in [0.2, 0.25) is 5.02 Å². The molecule has 1 aliphatic rings. The Morgan fingerprint density at radius 2 is 1.86 bits per heavy atom. The highest BCUT2D eigenvalue weighted by Gasteiger charge is 2.32. The third-order valence-corrected chi connectivity index (χ3v) is 3.31. The van der Waals surface area contributed by atoms with Crippen molar-refractivity contribution >= 4 is 17.4 Å². The van der Waals surface area contributed by atoms with Gasteiger partial charge in [0.05, 0.1) is 0 Å². The zero-order valence-electron chi connectivity index (χ0n) is 8.16. The van der Waals surface area contributed by atoms with Gasteiger partial charge in [-0.3, -0.25) is 4.79 Å². The summed E-state index contributed by atoms with van der Waals surface area (Å²) in [5.41, 5.74) is 1.31. The van der Waals surface area contributed by atoms with Gasteiger partial charge in [-0.15, -0.1) is 0 Å². The number of Topliss-reactive ketones (excluding diaryl/α,β-unsaturated/α-hetero) is 1. The summed E-state index contributed by atoms with van der Waals surface area (Å²) >= 11 is 5.80. The van der Waals surface area contributed by atoms with Gasteiger partial charge in [0.15, 0.2) is 0 Å². The SMILES string of the molecule is CC(=O)C1CC(c2ccc(Cl)cc2)C1. The van der Waals surface area contributed by atoms with Crippen LogP contribution in [0.25, 0.3) is 0 Å². The van der Waals surface area contributed by atoms with Crippen LogP contribution in [-0.2, 0) is 4.79 Å². The van der Waals surface area contributed by atoms with Crippen LogP contribution in [0.4, 0.5) is 0 Å². The molecular formula is C12H13ClO. The third-order valence-electron chi connectivity index (χ3n) is 3.05. The normalized spacial score (nSPS) is 25.6. The molecule has 0 saturated heterocycles. The molecule has 0 spiro atoms. The van der Waals surface area contributed by atoms with E-state index in [4.69, 9.17) is 11.6 Å². The zero-order chi connectivity index (χ0) is 10.1. The number of carbonyl (C=O) groups excluding carboxylic acids is 1. The van der Waals surface area contributed by atoms with Gasteiger partial charge in [-0.05, 0) is 43.4 Å². The smallest absolute Gasteiger partial charge is 0.132 e. The van der Waals surface area contributed by atoms with Crippen LogP contribution in [0.3, 0.4) is 0 Å². The lowest BCUT2D eigenvalue weighted by Gasteiger charge is -2.33. The van der Waals surface area contributed by atoms with Crippen molar-refractivity contribution in [2.45, 2.75) is 25.7 Å². The first-order valence-electron chi connectivity index (χ1n) is 4.92. The molecule has 2 heteroatoms. The maximum atomic E-state index is 11.0. The molecule has 1 fully saturated rings. The van der Waals surface area contributed by atoms with Crippen molar-refractivity contribution in [2.75, 3.05) is 0 Å². The summed E-state index contributed by atoms with van der Waals surface area (Å²) in [6, 6.07) is 7.95. The van der Waals surface area contributed by atoms with E-state index in [0.717, 1.165) is 17.9 Å². The Morgan fingerprint density at radius 1 is 1.29 bits per heavy atom. The van der Waals surface area contributed by atoms with Crippen LogP contribution < -0.4 is 0 Å². The molecule has 1 aromatic carbocycles. The van der Waals surface area contributed by atoms with Crippen molar-refractivity contribution in [3.8, 4) is 0 Å². The molecule has 0 heterocycles. The summed E-state index contributed by atoms with van der Waals surface area (Å²) in [5, 5.41) is 0.774. The molecule has 0 N–H and O–H groups in total. The van der Waals surface area contributed by atoms with Gasteiger partial charge in [-0.2, -0.15) is 0 Å². The lowest BCUT2D eigenvalue weighted by molar-refractivity contribution is -0.123. The molecule has 74 valence electrons. The second kappa shape index (κ2) is 3.74. The Balaban J connectivity index is 2.00. The van der Waals surface area contributed by atoms with Crippen LogP contribution in [0.1, 0.15) is 31.2 Å². The first-order valence-corrected chi connectivity index (χ1v) is 5.30. The number of carbonyl (C=O) groups is 1. The van der Waals surface area contributed by atoms with Crippen molar-refractivity contribution in [3.63, 3.8) is 0 Å². The van der Waals surface area contributed by atoms with Gasteiger partial charge in [-0.25, -0.2) is 0 Å². The van der Waals surface area contributed by atoms with Crippen molar-refractivity contribution in [1.82, 2.24) is 0 Å². The highest BCUT2D eigenvalue weighted by molar-refractivity contribution is 6.30. The molecule has 0 aromatic heterocycles. The lowest BCUT2D eigenvalue weighted by atomic mass is 9.70. The van der Waals surface area contributed by atoms with Crippen LogP contribution >= 0.6 is 11.6 Å². The Bertz CT molecular complexity index is 336. The van der Waals surface area contributed by atoms with Gasteiger partial charge in [0.2, 0.25) is 0 Å². The van der Waals surface area contributed by atoms with E-state index in [1.54, 1.807) is 6.92 Å². The summed E-state index contributed by atoms with van der Waals surface area (Å²) in [6.45, 7) is 1.68. The van der Waals surface area contributed by atoms with E-state index in [1.165, 1.54) is 5.56 Å². The molecule has 0 amide bonds. The van der Waals surface area contributed by atoms with E-state index in [0.29, 0.717) is 17.6 Å². The van der Waals surface area contributed by atoms with Crippen LogP contribution in [0.15, 0.2) is 24.3 Å². The molecule has 2 rings (SSSR count). The summed E-state index contributed by atoms with van der Waals surface area (Å²) in [4.78, 5) is 11.0. The molecule has 0 aliphatic heterocycles. The maximum Gasteiger partial charge on any atom is 0.132 e. The second-order valence-electron chi connectivity index (χ2n) is 4.03. The Kier molecular flexibility index (Phi) is 2.60. The minimum atomic E-state index is 0.302.